The Morgan fingerprint density at radius 3 is 2.88 bits per heavy atom. The summed E-state index contributed by atoms with van der Waals surface area (Å²) in [6, 6.07) is 6.97. The summed E-state index contributed by atoms with van der Waals surface area (Å²) in [6.07, 6.45) is 0.428. The lowest BCUT2D eigenvalue weighted by molar-refractivity contribution is -0.117. The minimum Gasteiger partial charge on any atom is -0.508 e. The molecule has 1 N–H and O–H groups in total. The lowest BCUT2D eigenvalue weighted by Gasteiger charge is -2.26. The minimum atomic E-state index is 0.107. The second kappa shape index (κ2) is 5.83. The van der Waals surface area contributed by atoms with Gasteiger partial charge in [-0.1, -0.05) is 19.1 Å². The van der Waals surface area contributed by atoms with Crippen LogP contribution in [0.25, 0.3) is 0 Å². The van der Waals surface area contributed by atoms with Crippen LogP contribution < -0.4 is 0 Å². The molecule has 0 amide bonds. The van der Waals surface area contributed by atoms with E-state index in [0.29, 0.717) is 11.7 Å². The smallest absolute Gasteiger partial charge is 0.151 e. The first-order valence-electron chi connectivity index (χ1n) is 5.70. The number of aromatic hydroxyl groups is 1. The summed E-state index contributed by atoms with van der Waals surface area (Å²) in [4.78, 5) is 12.2. The number of thioether (sulfide) groups is 2. The van der Waals surface area contributed by atoms with Crippen molar-refractivity contribution in [1.29, 1.82) is 0 Å². The molecule has 1 aliphatic rings. The fraction of sp³-hybridized carbons (Fsp3) is 0.462. The Labute approximate surface area is 110 Å². The summed E-state index contributed by atoms with van der Waals surface area (Å²) in [5, 5.41) is 9.88. The second-order valence-corrected chi connectivity index (χ2v) is 6.91. The van der Waals surface area contributed by atoms with Crippen LogP contribution in [-0.2, 0) is 11.2 Å². The predicted molar refractivity (Wildman–Crippen MR) is 75.0 cm³/mol. The van der Waals surface area contributed by atoms with E-state index in [2.05, 4.69) is 6.92 Å². The molecule has 2 rings (SSSR count). The molecule has 1 aromatic carbocycles. The molecule has 1 aromatic rings. The van der Waals surface area contributed by atoms with Crippen molar-refractivity contribution in [2.24, 2.45) is 0 Å². The number of ketones is 1. The van der Waals surface area contributed by atoms with E-state index in [1.807, 2.05) is 17.8 Å². The second-order valence-electron chi connectivity index (χ2n) is 4.18. The molecular formula is C13H16O2S2. The first kappa shape index (κ1) is 12.8. The summed E-state index contributed by atoms with van der Waals surface area (Å²) >= 11 is 3.65. The molecule has 4 heteroatoms. The van der Waals surface area contributed by atoms with Crippen LogP contribution in [0, 0.1) is 0 Å². The van der Waals surface area contributed by atoms with Gasteiger partial charge in [-0.2, -0.15) is 11.8 Å². The topological polar surface area (TPSA) is 37.3 Å². The minimum absolute atomic E-state index is 0.107. The van der Waals surface area contributed by atoms with E-state index >= 15 is 0 Å². The van der Waals surface area contributed by atoms with Gasteiger partial charge in [0.05, 0.1) is 5.25 Å². The number of Topliss-reactive ketones (excluding diaryl/α,β-unsaturated/α-hetero) is 1. The third-order valence-corrected chi connectivity index (χ3v) is 5.93. The van der Waals surface area contributed by atoms with Crippen LogP contribution in [-0.4, -0.2) is 32.9 Å². The van der Waals surface area contributed by atoms with E-state index in [-0.39, 0.29) is 16.8 Å². The summed E-state index contributed by atoms with van der Waals surface area (Å²) < 4.78 is 0. The average Bonchev–Trinajstić information content (AvgIpc) is 2.29. The van der Waals surface area contributed by atoms with Gasteiger partial charge in [-0.05, 0) is 17.7 Å². The zero-order chi connectivity index (χ0) is 12.3. The Kier molecular flexibility index (Phi) is 4.40. The van der Waals surface area contributed by atoms with E-state index in [1.54, 1.807) is 30.0 Å². The van der Waals surface area contributed by atoms with Gasteiger partial charge >= 0.3 is 0 Å². The number of phenolic OH excluding ortho intramolecular Hbond substituents is 1. The van der Waals surface area contributed by atoms with Crippen LogP contribution in [0.5, 0.6) is 5.75 Å². The van der Waals surface area contributed by atoms with Gasteiger partial charge in [0.25, 0.3) is 0 Å². The molecule has 17 heavy (non-hydrogen) atoms. The van der Waals surface area contributed by atoms with E-state index in [1.165, 1.54) is 0 Å². The van der Waals surface area contributed by atoms with Crippen molar-refractivity contribution in [3.8, 4) is 5.75 Å². The highest BCUT2D eigenvalue weighted by atomic mass is 32.2. The van der Waals surface area contributed by atoms with Crippen molar-refractivity contribution < 1.29 is 9.90 Å². The molecule has 1 heterocycles. The quantitative estimate of drug-likeness (QED) is 0.914. The molecule has 2 unspecified atom stereocenters. The van der Waals surface area contributed by atoms with Gasteiger partial charge in [-0.25, -0.2) is 0 Å². The Hall–Kier alpha value is -0.610. The van der Waals surface area contributed by atoms with Crippen LogP contribution in [0.1, 0.15) is 12.5 Å². The highest BCUT2D eigenvalue weighted by Crippen LogP contribution is 2.32. The van der Waals surface area contributed by atoms with E-state index in [4.69, 9.17) is 0 Å². The highest BCUT2D eigenvalue weighted by molar-refractivity contribution is 8.07. The third-order valence-electron chi connectivity index (χ3n) is 2.79. The molecule has 1 aliphatic heterocycles. The van der Waals surface area contributed by atoms with E-state index in [9.17, 15) is 9.90 Å². The Bertz CT molecular complexity index is 406. The Morgan fingerprint density at radius 2 is 2.18 bits per heavy atom. The van der Waals surface area contributed by atoms with Gasteiger partial charge in [0.1, 0.15) is 5.75 Å². The third kappa shape index (κ3) is 3.42. The zero-order valence-corrected chi connectivity index (χ0v) is 11.4. The molecule has 0 radical (unpaired) electrons. The van der Waals surface area contributed by atoms with Crippen LogP contribution >= 0.6 is 23.5 Å². The van der Waals surface area contributed by atoms with Gasteiger partial charge < -0.3 is 5.11 Å². The summed E-state index contributed by atoms with van der Waals surface area (Å²) in [7, 11) is 0. The molecule has 1 fully saturated rings. The molecule has 2 nitrogen and oxygen atoms in total. The zero-order valence-electron chi connectivity index (χ0n) is 9.76. The maximum absolute atomic E-state index is 12.2. The number of rotatable bonds is 3. The molecule has 2 atom stereocenters. The van der Waals surface area contributed by atoms with Crippen LogP contribution in [0.4, 0.5) is 0 Å². The highest BCUT2D eigenvalue weighted by Gasteiger charge is 2.28. The van der Waals surface area contributed by atoms with Crippen LogP contribution in [0.3, 0.4) is 0 Å². The molecule has 0 aromatic heterocycles. The standard InChI is InChI=1S/C13H16O2S2/c1-9-13(17-6-5-16-9)12(15)8-10-3-2-4-11(14)7-10/h2-4,7,9,13-14H,5-6,8H2,1H3. The van der Waals surface area contributed by atoms with Crippen LogP contribution in [0.15, 0.2) is 24.3 Å². The number of hydrogen-bond donors (Lipinski definition) is 1. The van der Waals surface area contributed by atoms with Crippen molar-refractivity contribution in [2.45, 2.75) is 23.8 Å². The first-order chi connectivity index (χ1) is 8.16. The molecule has 92 valence electrons. The van der Waals surface area contributed by atoms with Gasteiger partial charge in [0.15, 0.2) is 5.78 Å². The number of carbonyl (C=O) groups excluding carboxylic acids is 1. The van der Waals surface area contributed by atoms with E-state index < -0.39 is 0 Å². The predicted octanol–water partition coefficient (Wildman–Crippen LogP) is 2.74. The van der Waals surface area contributed by atoms with Crippen molar-refractivity contribution in [3.05, 3.63) is 29.8 Å². The van der Waals surface area contributed by atoms with Crippen molar-refractivity contribution in [2.75, 3.05) is 11.5 Å². The monoisotopic (exact) mass is 268 g/mol. The fourth-order valence-electron chi connectivity index (χ4n) is 1.95. The SMILES string of the molecule is CC1SCCSC1C(=O)Cc1cccc(O)c1. The Balaban J connectivity index is 2.01. The molecule has 0 saturated carbocycles. The number of carbonyl (C=O) groups is 1. The summed E-state index contributed by atoms with van der Waals surface area (Å²) in [6.45, 7) is 2.13. The summed E-state index contributed by atoms with van der Waals surface area (Å²) in [5.41, 5.74) is 0.901. The molecule has 0 aliphatic carbocycles. The van der Waals surface area contributed by atoms with Crippen molar-refractivity contribution in [3.63, 3.8) is 0 Å². The lowest BCUT2D eigenvalue weighted by atomic mass is 10.1. The number of phenols is 1. The molecule has 1 saturated heterocycles. The number of benzene rings is 1. The van der Waals surface area contributed by atoms with Gasteiger partial charge in [0.2, 0.25) is 0 Å². The molecule has 0 bridgehead atoms. The molecule has 0 spiro atoms. The largest absolute Gasteiger partial charge is 0.508 e. The van der Waals surface area contributed by atoms with Gasteiger partial charge in [-0.3, -0.25) is 4.79 Å². The number of hydrogen-bond acceptors (Lipinski definition) is 4. The first-order valence-corrected chi connectivity index (χ1v) is 7.80. The molecular weight excluding hydrogens is 252 g/mol. The van der Waals surface area contributed by atoms with Crippen molar-refractivity contribution in [1.82, 2.24) is 0 Å². The van der Waals surface area contributed by atoms with Gasteiger partial charge in [-0.15, -0.1) is 11.8 Å². The fourth-order valence-corrected chi connectivity index (χ4v) is 4.69. The maximum Gasteiger partial charge on any atom is 0.151 e. The average molecular weight is 268 g/mol. The summed E-state index contributed by atoms with van der Waals surface area (Å²) in [5.74, 6) is 2.71. The normalized spacial score (nSPS) is 24.5. The van der Waals surface area contributed by atoms with Crippen LogP contribution in [0.2, 0.25) is 0 Å². The van der Waals surface area contributed by atoms with Crippen molar-refractivity contribution >= 4 is 29.3 Å². The van der Waals surface area contributed by atoms with Gasteiger partial charge in [0, 0.05) is 23.2 Å². The maximum atomic E-state index is 12.2. The lowest BCUT2D eigenvalue weighted by Crippen LogP contribution is -2.32. The van der Waals surface area contributed by atoms with E-state index in [0.717, 1.165) is 17.1 Å². The Morgan fingerprint density at radius 1 is 1.41 bits per heavy atom.